The first-order valence-electron chi connectivity index (χ1n) is 11.6. The minimum atomic E-state index is -1.02. The number of rotatable bonds is 6. The van der Waals surface area contributed by atoms with Gasteiger partial charge in [0.15, 0.2) is 11.6 Å². The lowest BCUT2D eigenvalue weighted by Crippen LogP contribution is -2.19. The maximum atomic E-state index is 13.7. The number of aromatic hydroxyl groups is 5. The first-order chi connectivity index (χ1) is 18.2. The molecule has 1 aliphatic heterocycles. The second-order valence-corrected chi connectivity index (χ2v) is 8.87. The quantitative estimate of drug-likeness (QED) is 0.176. The fourth-order valence-electron chi connectivity index (χ4n) is 4.44. The van der Waals surface area contributed by atoms with E-state index in [-0.39, 0.29) is 39.9 Å². The number of fused-ring (bicyclic) bond motifs is 1. The number of hydrogen-bond acceptors (Lipinski definition) is 8. The summed E-state index contributed by atoms with van der Waals surface area (Å²) >= 11 is 0. The van der Waals surface area contributed by atoms with Crippen LogP contribution in [-0.4, -0.2) is 37.1 Å². The third-order valence-electron chi connectivity index (χ3n) is 6.36. The topological polar surface area (TPSA) is 145 Å². The van der Waals surface area contributed by atoms with Crippen LogP contribution in [0.1, 0.15) is 49.4 Å². The molecule has 8 heteroatoms. The molecule has 5 rings (SSSR count). The molecule has 8 nitrogen and oxygen atoms in total. The molecule has 0 aromatic heterocycles. The van der Waals surface area contributed by atoms with Crippen LogP contribution in [-0.2, 0) is 0 Å². The van der Waals surface area contributed by atoms with Crippen LogP contribution in [0.25, 0.3) is 6.08 Å². The first-order valence-corrected chi connectivity index (χ1v) is 11.6. The fraction of sp³-hybridized carbons (Fsp3) is 0.0667. The lowest BCUT2D eigenvalue weighted by molar-refractivity contribution is 0.0892. The van der Waals surface area contributed by atoms with E-state index in [1.54, 1.807) is 24.3 Å². The van der Waals surface area contributed by atoms with E-state index in [0.29, 0.717) is 16.7 Å². The largest absolute Gasteiger partial charge is 0.508 e. The number of hydrogen-bond donors (Lipinski definition) is 5. The standard InChI is InChI=1S/C30H22O8/c31-18-6-1-16(2-7-18)3-12-24(34)22-14-23-27(15-26(22)36)38-30(17-4-8-19(32)9-5-17)28(23)29(37)21-11-10-20(33)13-25(21)35/h1-15,28,30-33,35-36H/t28-,30-/m1/s1. The maximum Gasteiger partial charge on any atom is 0.189 e. The monoisotopic (exact) mass is 510 g/mol. The highest BCUT2D eigenvalue weighted by atomic mass is 16.5. The second-order valence-electron chi connectivity index (χ2n) is 8.87. The van der Waals surface area contributed by atoms with Crippen molar-refractivity contribution in [3.63, 3.8) is 0 Å². The molecule has 38 heavy (non-hydrogen) atoms. The Morgan fingerprint density at radius 3 is 1.95 bits per heavy atom. The van der Waals surface area contributed by atoms with Crippen molar-refractivity contribution in [1.29, 1.82) is 0 Å². The van der Waals surface area contributed by atoms with Crippen LogP contribution in [0.4, 0.5) is 0 Å². The molecule has 1 heterocycles. The number of phenolic OH excluding ortho intramolecular Hbond substituents is 5. The summed E-state index contributed by atoms with van der Waals surface area (Å²) in [5.74, 6) is -2.73. The van der Waals surface area contributed by atoms with Gasteiger partial charge in [-0.25, -0.2) is 0 Å². The number of ether oxygens (including phenoxy) is 1. The molecule has 4 aromatic carbocycles. The summed E-state index contributed by atoms with van der Waals surface area (Å²) in [5, 5.41) is 49.8. The van der Waals surface area contributed by atoms with Crippen molar-refractivity contribution >= 4 is 17.6 Å². The van der Waals surface area contributed by atoms with Crippen LogP contribution in [0.15, 0.2) is 84.9 Å². The molecular weight excluding hydrogens is 488 g/mol. The number of ketones is 2. The average Bonchev–Trinajstić information content (AvgIpc) is 3.26. The normalized spacial score (nSPS) is 16.2. The molecule has 0 unspecified atom stereocenters. The summed E-state index contributed by atoms with van der Waals surface area (Å²) in [7, 11) is 0. The van der Waals surface area contributed by atoms with Crippen LogP contribution in [0.5, 0.6) is 34.5 Å². The minimum absolute atomic E-state index is 0.0225. The van der Waals surface area contributed by atoms with Crippen LogP contribution < -0.4 is 4.74 Å². The van der Waals surface area contributed by atoms with Gasteiger partial charge >= 0.3 is 0 Å². The molecule has 4 aromatic rings. The molecule has 0 bridgehead atoms. The van der Waals surface area contributed by atoms with Crippen LogP contribution >= 0.6 is 0 Å². The van der Waals surface area contributed by atoms with Gasteiger partial charge in [-0.1, -0.05) is 30.3 Å². The van der Waals surface area contributed by atoms with Gasteiger partial charge in [0.1, 0.15) is 40.6 Å². The fourth-order valence-corrected chi connectivity index (χ4v) is 4.44. The lowest BCUT2D eigenvalue weighted by atomic mass is 9.83. The average molecular weight is 510 g/mol. The van der Waals surface area contributed by atoms with Gasteiger partial charge in [-0.05, 0) is 59.7 Å². The number of benzene rings is 4. The van der Waals surface area contributed by atoms with E-state index in [1.165, 1.54) is 60.7 Å². The van der Waals surface area contributed by atoms with E-state index in [2.05, 4.69) is 0 Å². The van der Waals surface area contributed by atoms with E-state index < -0.39 is 29.3 Å². The van der Waals surface area contributed by atoms with Crippen LogP contribution in [0.3, 0.4) is 0 Å². The predicted octanol–water partition coefficient (Wildman–Crippen LogP) is 5.21. The van der Waals surface area contributed by atoms with Crippen molar-refractivity contribution < 1.29 is 39.9 Å². The van der Waals surface area contributed by atoms with Crippen molar-refractivity contribution in [2.45, 2.75) is 12.0 Å². The zero-order valence-electron chi connectivity index (χ0n) is 19.8. The Kier molecular flexibility index (Phi) is 6.22. The second kappa shape index (κ2) is 9.67. The molecule has 0 saturated carbocycles. The molecule has 0 spiro atoms. The van der Waals surface area contributed by atoms with Crippen LogP contribution in [0.2, 0.25) is 0 Å². The number of carbonyl (C=O) groups is 2. The van der Waals surface area contributed by atoms with Gasteiger partial charge in [0.05, 0.1) is 17.0 Å². The van der Waals surface area contributed by atoms with Gasteiger partial charge in [-0.15, -0.1) is 0 Å². The van der Waals surface area contributed by atoms with E-state index in [0.717, 1.165) is 6.07 Å². The molecular formula is C30H22O8. The number of allylic oxidation sites excluding steroid dienone is 1. The molecule has 0 amide bonds. The number of phenols is 5. The van der Waals surface area contributed by atoms with E-state index in [1.807, 2.05) is 0 Å². The molecule has 0 aliphatic carbocycles. The number of carbonyl (C=O) groups excluding carboxylic acids is 2. The Bertz CT molecular complexity index is 1570. The van der Waals surface area contributed by atoms with E-state index >= 15 is 0 Å². The van der Waals surface area contributed by atoms with Crippen molar-refractivity contribution in [1.82, 2.24) is 0 Å². The van der Waals surface area contributed by atoms with E-state index in [4.69, 9.17) is 4.74 Å². The summed E-state index contributed by atoms with van der Waals surface area (Å²) in [4.78, 5) is 26.8. The SMILES string of the molecule is O=C(C=Cc1ccc(O)cc1)c1cc2c(cc1O)O[C@H](c1ccc(O)cc1)[C@H]2C(=O)c1ccc(O)cc1O. The van der Waals surface area contributed by atoms with Gasteiger partial charge in [0, 0.05) is 17.7 Å². The minimum Gasteiger partial charge on any atom is -0.508 e. The summed E-state index contributed by atoms with van der Waals surface area (Å²) in [6, 6.07) is 18.6. The zero-order chi connectivity index (χ0) is 27.0. The Morgan fingerprint density at radius 2 is 1.29 bits per heavy atom. The van der Waals surface area contributed by atoms with Crippen LogP contribution in [0, 0.1) is 0 Å². The highest BCUT2D eigenvalue weighted by Crippen LogP contribution is 2.50. The third kappa shape index (κ3) is 4.62. The van der Waals surface area contributed by atoms with Gasteiger partial charge in [0.25, 0.3) is 0 Å². The van der Waals surface area contributed by atoms with E-state index in [9.17, 15) is 35.1 Å². The number of Topliss-reactive ketones (excluding diaryl/α,β-unsaturated/α-hetero) is 1. The first kappa shape index (κ1) is 24.5. The van der Waals surface area contributed by atoms with Gasteiger partial charge < -0.3 is 30.3 Å². The molecule has 5 N–H and O–H groups in total. The van der Waals surface area contributed by atoms with Crippen molar-refractivity contribution in [2.24, 2.45) is 0 Å². The van der Waals surface area contributed by atoms with Gasteiger partial charge in [-0.3, -0.25) is 9.59 Å². The molecule has 190 valence electrons. The Hall–Kier alpha value is -5.24. The molecule has 0 saturated heterocycles. The summed E-state index contributed by atoms with van der Waals surface area (Å²) in [5.41, 5.74) is 1.43. The predicted molar refractivity (Wildman–Crippen MR) is 138 cm³/mol. The zero-order valence-corrected chi connectivity index (χ0v) is 19.8. The summed E-state index contributed by atoms with van der Waals surface area (Å²) in [6.45, 7) is 0. The Morgan fingerprint density at radius 1 is 0.684 bits per heavy atom. The van der Waals surface area contributed by atoms with Crippen molar-refractivity contribution in [3.8, 4) is 34.5 Å². The maximum absolute atomic E-state index is 13.7. The molecule has 1 aliphatic rings. The third-order valence-corrected chi connectivity index (χ3v) is 6.36. The Balaban J connectivity index is 1.57. The van der Waals surface area contributed by atoms with Gasteiger partial charge in [-0.2, -0.15) is 0 Å². The molecule has 0 fully saturated rings. The van der Waals surface area contributed by atoms with Crippen molar-refractivity contribution in [2.75, 3.05) is 0 Å². The highest BCUT2D eigenvalue weighted by molar-refractivity contribution is 6.10. The summed E-state index contributed by atoms with van der Waals surface area (Å²) in [6.07, 6.45) is 1.91. The van der Waals surface area contributed by atoms with Gasteiger partial charge in [0.2, 0.25) is 0 Å². The van der Waals surface area contributed by atoms with Crippen molar-refractivity contribution in [3.05, 3.63) is 113 Å². The lowest BCUT2D eigenvalue weighted by Gasteiger charge is -2.19. The Labute approximate surface area is 217 Å². The molecule has 2 atom stereocenters. The molecule has 0 radical (unpaired) electrons. The summed E-state index contributed by atoms with van der Waals surface area (Å²) < 4.78 is 6.06. The highest BCUT2D eigenvalue weighted by Gasteiger charge is 2.42. The smallest absolute Gasteiger partial charge is 0.189 e.